The van der Waals surface area contributed by atoms with Gasteiger partial charge in [0.25, 0.3) is 0 Å². The highest BCUT2D eigenvalue weighted by Gasteiger charge is 2.25. The largest absolute Gasteiger partial charge is 0.478 e. The minimum absolute atomic E-state index is 0.112. The maximum atomic E-state index is 12.3. The van der Waals surface area contributed by atoms with Crippen LogP contribution in [0.25, 0.3) is 43.1 Å². The van der Waals surface area contributed by atoms with Crippen molar-refractivity contribution < 1.29 is 29.4 Å². The lowest BCUT2D eigenvalue weighted by atomic mass is 9.82. The Balaban J connectivity index is 2.21. The van der Waals surface area contributed by atoms with E-state index in [4.69, 9.17) is 11.5 Å². The standard InChI is InChI=1S/C25H16N2O6/c1-9-8-16(23(27)29)19-13(22(26)28)5-2-11-10-3-6-14(24(30)31)20-15(25(32)33)7-4-12(18(10)20)17(9)21(11)19/h2-8H,1H3,(H2,26,28)(H2,27,29)(H,30,31)(H,32,33). The number of hydrogen-bond donors (Lipinski definition) is 4. The highest BCUT2D eigenvalue weighted by atomic mass is 16.4. The molecule has 5 aromatic rings. The van der Waals surface area contributed by atoms with Crippen LogP contribution in [0.1, 0.15) is 47.0 Å². The van der Waals surface area contributed by atoms with Crippen LogP contribution in [0, 0.1) is 6.92 Å². The first-order chi connectivity index (χ1) is 15.6. The third kappa shape index (κ3) is 2.58. The Bertz CT molecular complexity index is 1710. The molecule has 5 aromatic carbocycles. The van der Waals surface area contributed by atoms with Crippen LogP contribution in [-0.2, 0) is 0 Å². The van der Waals surface area contributed by atoms with E-state index in [2.05, 4.69) is 0 Å². The molecule has 33 heavy (non-hydrogen) atoms. The second kappa shape index (κ2) is 6.64. The topological polar surface area (TPSA) is 161 Å². The Morgan fingerprint density at radius 1 is 0.576 bits per heavy atom. The predicted molar refractivity (Wildman–Crippen MR) is 123 cm³/mol. The van der Waals surface area contributed by atoms with Crippen molar-refractivity contribution in [1.82, 2.24) is 0 Å². The lowest BCUT2D eigenvalue weighted by Gasteiger charge is -2.20. The first kappa shape index (κ1) is 20.2. The quantitative estimate of drug-likeness (QED) is 0.246. The van der Waals surface area contributed by atoms with E-state index in [1.54, 1.807) is 31.2 Å². The normalized spacial score (nSPS) is 11.5. The van der Waals surface area contributed by atoms with E-state index < -0.39 is 23.8 Å². The van der Waals surface area contributed by atoms with Gasteiger partial charge in [-0.05, 0) is 69.1 Å². The molecule has 0 unspecified atom stereocenters. The minimum atomic E-state index is -1.25. The first-order valence-corrected chi connectivity index (χ1v) is 9.90. The Labute approximate surface area is 185 Å². The van der Waals surface area contributed by atoms with Crippen molar-refractivity contribution in [3.05, 3.63) is 70.3 Å². The van der Waals surface area contributed by atoms with Gasteiger partial charge in [0.2, 0.25) is 11.8 Å². The number of nitrogens with two attached hydrogens (primary N) is 2. The number of carbonyl (C=O) groups excluding carboxylic acids is 2. The van der Waals surface area contributed by atoms with Crippen LogP contribution in [0.2, 0.25) is 0 Å². The Morgan fingerprint density at radius 2 is 1.03 bits per heavy atom. The van der Waals surface area contributed by atoms with Crippen LogP contribution in [-0.4, -0.2) is 34.0 Å². The molecule has 6 N–H and O–H groups in total. The monoisotopic (exact) mass is 440 g/mol. The maximum Gasteiger partial charge on any atom is 0.336 e. The van der Waals surface area contributed by atoms with Crippen molar-refractivity contribution in [2.75, 3.05) is 0 Å². The van der Waals surface area contributed by atoms with E-state index in [1.807, 2.05) is 0 Å². The number of amides is 2. The number of carbonyl (C=O) groups is 4. The molecule has 8 nitrogen and oxygen atoms in total. The highest BCUT2D eigenvalue weighted by molar-refractivity contribution is 6.38. The number of primary amides is 2. The lowest BCUT2D eigenvalue weighted by Crippen LogP contribution is -2.17. The smallest absolute Gasteiger partial charge is 0.336 e. The Hall–Kier alpha value is -4.72. The van der Waals surface area contributed by atoms with E-state index in [-0.39, 0.29) is 27.6 Å². The summed E-state index contributed by atoms with van der Waals surface area (Å²) in [5.41, 5.74) is 11.9. The summed E-state index contributed by atoms with van der Waals surface area (Å²) in [6, 6.07) is 10.7. The summed E-state index contributed by atoms with van der Waals surface area (Å²) in [4.78, 5) is 48.4. The average Bonchev–Trinajstić information content (AvgIpc) is 2.76. The van der Waals surface area contributed by atoms with Crippen LogP contribution in [0.3, 0.4) is 0 Å². The van der Waals surface area contributed by atoms with Gasteiger partial charge in [0, 0.05) is 21.9 Å². The summed E-state index contributed by atoms with van der Waals surface area (Å²) in [6.07, 6.45) is 0. The summed E-state index contributed by atoms with van der Waals surface area (Å²) < 4.78 is 0. The zero-order valence-electron chi connectivity index (χ0n) is 17.2. The van der Waals surface area contributed by atoms with Gasteiger partial charge in [-0.15, -0.1) is 0 Å². The molecule has 0 aliphatic carbocycles. The zero-order chi connectivity index (χ0) is 23.8. The van der Waals surface area contributed by atoms with Crippen molar-refractivity contribution in [3.63, 3.8) is 0 Å². The highest BCUT2D eigenvalue weighted by Crippen LogP contribution is 2.45. The number of aromatic carboxylic acids is 2. The molecule has 0 atom stereocenters. The minimum Gasteiger partial charge on any atom is -0.478 e. The molecule has 0 bridgehead atoms. The van der Waals surface area contributed by atoms with Gasteiger partial charge in [0.15, 0.2) is 0 Å². The molecule has 162 valence electrons. The fourth-order valence-electron chi connectivity index (χ4n) is 4.96. The van der Waals surface area contributed by atoms with Gasteiger partial charge in [0.05, 0.1) is 11.1 Å². The SMILES string of the molecule is Cc1cc(C(N)=O)c2c(C(N)=O)ccc3c4ccc(C(=O)O)c5c(C(=O)O)ccc(c1c23)c54. The third-order valence-corrected chi connectivity index (χ3v) is 6.19. The number of rotatable bonds is 4. The summed E-state index contributed by atoms with van der Waals surface area (Å²) in [6.45, 7) is 1.77. The molecule has 0 fully saturated rings. The Kier molecular flexibility index (Phi) is 4.06. The van der Waals surface area contributed by atoms with Gasteiger partial charge in [0.1, 0.15) is 0 Å². The summed E-state index contributed by atoms with van der Waals surface area (Å²) in [5, 5.41) is 23.5. The van der Waals surface area contributed by atoms with Crippen LogP contribution >= 0.6 is 0 Å². The number of hydrogen-bond acceptors (Lipinski definition) is 4. The van der Waals surface area contributed by atoms with Crippen LogP contribution < -0.4 is 11.5 Å². The second-order valence-corrected chi connectivity index (χ2v) is 7.94. The van der Waals surface area contributed by atoms with Gasteiger partial charge in [-0.2, -0.15) is 0 Å². The third-order valence-electron chi connectivity index (χ3n) is 6.19. The molecule has 0 radical (unpaired) electrons. The molecule has 0 saturated carbocycles. The van der Waals surface area contributed by atoms with E-state index in [0.29, 0.717) is 43.3 Å². The van der Waals surface area contributed by atoms with E-state index in [9.17, 15) is 29.4 Å². The molecular weight excluding hydrogens is 424 g/mol. The van der Waals surface area contributed by atoms with Crippen LogP contribution in [0.15, 0.2) is 42.5 Å². The number of aryl methyl sites for hydroxylation is 1. The molecule has 5 rings (SSSR count). The summed E-state index contributed by atoms with van der Waals surface area (Å²) in [7, 11) is 0. The van der Waals surface area contributed by atoms with Gasteiger partial charge in [-0.3, -0.25) is 9.59 Å². The van der Waals surface area contributed by atoms with Crippen LogP contribution in [0.4, 0.5) is 0 Å². The molecule has 0 aliphatic rings. The maximum absolute atomic E-state index is 12.3. The van der Waals surface area contributed by atoms with E-state index in [0.717, 1.165) is 0 Å². The van der Waals surface area contributed by atoms with Gasteiger partial charge < -0.3 is 21.7 Å². The number of carboxylic acids is 2. The molecule has 0 aliphatic heterocycles. The molecule has 2 amide bonds. The van der Waals surface area contributed by atoms with Crippen molar-refractivity contribution in [2.24, 2.45) is 11.5 Å². The van der Waals surface area contributed by atoms with Crippen molar-refractivity contribution in [3.8, 4) is 0 Å². The number of fused-ring (bicyclic) bond motifs is 2. The van der Waals surface area contributed by atoms with Gasteiger partial charge in [-0.1, -0.05) is 18.2 Å². The lowest BCUT2D eigenvalue weighted by molar-refractivity contribution is 0.0695. The second-order valence-electron chi connectivity index (χ2n) is 7.94. The van der Waals surface area contributed by atoms with Gasteiger partial charge >= 0.3 is 11.9 Å². The first-order valence-electron chi connectivity index (χ1n) is 9.90. The van der Waals surface area contributed by atoms with Crippen molar-refractivity contribution >= 4 is 66.8 Å². The van der Waals surface area contributed by atoms with Gasteiger partial charge in [-0.25, -0.2) is 9.59 Å². The number of carboxylic acid groups (broad SMARTS) is 2. The Morgan fingerprint density at radius 3 is 1.55 bits per heavy atom. The molecule has 8 heteroatoms. The molecule has 0 saturated heterocycles. The fourth-order valence-corrected chi connectivity index (χ4v) is 4.96. The number of benzene rings is 5. The zero-order valence-corrected chi connectivity index (χ0v) is 17.2. The molecule has 0 aromatic heterocycles. The summed E-state index contributed by atoms with van der Waals surface area (Å²) in [5.74, 6) is -3.94. The fraction of sp³-hybridized carbons (Fsp3) is 0.0400. The molecular formula is C25H16N2O6. The molecule has 0 spiro atoms. The van der Waals surface area contributed by atoms with E-state index in [1.165, 1.54) is 18.2 Å². The average molecular weight is 440 g/mol. The molecule has 0 heterocycles. The predicted octanol–water partition coefficient (Wildman–Crippen LogP) is 3.64. The van der Waals surface area contributed by atoms with Crippen molar-refractivity contribution in [1.29, 1.82) is 0 Å². The van der Waals surface area contributed by atoms with E-state index >= 15 is 0 Å². The van der Waals surface area contributed by atoms with Crippen molar-refractivity contribution in [2.45, 2.75) is 6.92 Å². The van der Waals surface area contributed by atoms with Crippen LogP contribution in [0.5, 0.6) is 0 Å². The summed E-state index contributed by atoms with van der Waals surface area (Å²) >= 11 is 0.